The standard InChI is InChI=1S/C19H19ClN2O2S/c20-16-5-7-17(8-6-16)25(23,24)22-11-9-14(10-12-22)19-13-15-3-1-2-4-18(15)21-19/h1-8,13-14,21H,9-12H2. The van der Waals surface area contributed by atoms with E-state index in [-0.39, 0.29) is 0 Å². The van der Waals surface area contributed by atoms with Gasteiger partial charge >= 0.3 is 0 Å². The number of aromatic amines is 1. The Morgan fingerprint density at radius 2 is 1.68 bits per heavy atom. The number of halogens is 1. The van der Waals surface area contributed by atoms with Crippen LogP contribution in [0.15, 0.2) is 59.5 Å². The number of hydrogen-bond acceptors (Lipinski definition) is 2. The predicted octanol–water partition coefficient (Wildman–Crippen LogP) is 4.39. The fourth-order valence-electron chi connectivity index (χ4n) is 3.48. The summed E-state index contributed by atoms with van der Waals surface area (Å²) in [5.74, 6) is 0.365. The summed E-state index contributed by atoms with van der Waals surface area (Å²) in [6, 6.07) is 16.8. The minimum atomic E-state index is -3.44. The molecule has 6 heteroatoms. The maximum absolute atomic E-state index is 12.8. The number of para-hydroxylation sites is 1. The highest BCUT2D eigenvalue weighted by molar-refractivity contribution is 7.89. The van der Waals surface area contributed by atoms with Gasteiger partial charge in [0.2, 0.25) is 10.0 Å². The van der Waals surface area contributed by atoms with Crippen molar-refractivity contribution in [1.82, 2.24) is 9.29 Å². The van der Waals surface area contributed by atoms with Crippen LogP contribution in [0.3, 0.4) is 0 Å². The second kappa shape index (κ2) is 6.48. The second-order valence-electron chi connectivity index (χ2n) is 6.44. The molecule has 0 saturated carbocycles. The number of piperidine rings is 1. The molecule has 0 aliphatic carbocycles. The summed E-state index contributed by atoms with van der Waals surface area (Å²) < 4.78 is 27.1. The van der Waals surface area contributed by atoms with Crippen molar-refractivity contribution in [2.75, 3.05) is 13.1 Å². The lowest BCUT2D eigenvalue weighted by atomic mass is 9.95. The topological polar surface area (TPSA) is 53.2 Å². The van der Waals surface area contributed by atoms with Crippen molar-refractivity contribution in [3.63, 3.8) is 0 Å². The lowest BCUT2D eigenvalue weighted by Gasteiger charge is -2.30. The molecule has 3 aromatic rings. The Kier molecular flexibility index (Phi) is 4.31. The van der Waals surface area contributed by atoms with Crippen LogP contribution in [0.25, 0.3) is 10.9 Å². The molecule has 1 N–H and O–H groups in total. The van der Waals surface area contributed by atoms with Gasteiger partial charge in [-0.05, 0) is 54.6 Å². The minimum absolute atomic E-state index is 0.306. The van der Waals surface area contributed by atoms with Crippen LogP contribution in [0, 0.1) is 0 Å². The van der Waals surface area contributed by atoms with E-state index in [1.165, 1.54) is 11.1 Å². The van der Waals surface area contributed by atoms with Gasteiger partial charge < -0.3 is 4.98 Å². The van der Waals surface area contributed by atoms with Crippen LogP contribution in [0.5, 0.6) is 0 Å². The van der Waals surface area contributed by atoms with Crippen molar-refractivity contribution in [2.24, 2.45) is 0 Å². The Morgan fingerprint density at radius 3 is 2.36 bits per heavy atom. The Labute approximate surface area is 152 Å². The third kappa shape index (κ3) is 3.19. The molecule has 0 radical (unpaired) electrons. The fraction of sp³-hybridized carbons (Fsp3) is 0.263. The number of benzene rings is 2. The molecule has 4 rings (SSSR count). The first-order valence-corrected chi connectivity index (χ1v) is 10.2. The summed E-state index contributed by atoms with van der Waals surface area (Å²) in [7, 11) is -3.44. The molecule has 0 amide bonds. The lowest BCUT2D eigenvalue weighted by molar-refractivity contribution is 0.317. The lowest BCUT2D eigenvalue weighted by Crippen LogP contribution is -2.37. The summed E-state index contributed by atoms with van der Waals surface area (Å²) in [6.45, 7) is 1.07. The van der Waals surface area contributed by atoms with E-state index in [0.717, 1.165) is 18.4 Å². The van der Waals surface area contributed by atoms with E-state index in [1.807, 2.05) is 12.1 Å². The van der Waals surface area contributed by atoms with Crippen LogP contribution < -0.4 is 0 Å². The molecule has 130 valence electrons. The van der Waals surface area contributed by atoms with Crippen LogP contribution >= 0.6 is 11.6 Å². The average molecular weight is 375 g/mol. The van der Waals surface area contributed by atoms with Gasteiger partial charge in [0.1, 0.15) is 0 Å². The quantitative estimate of drug-likeness (QED) is 0.739. The second-order valence-corrected chi connectivity index (χ2v) is 8.82. The number of aromatic nitrogens is 1. The SMILES string of the molecule is O=S(=O)(c1ccc(Cl)cc1)N1CCC(c2cc3ccccc3[nH]2)CC1. The molecule has 1 aliphatic heterocycles. The molecule has 1 aliphatic rings. The Hall–Kier alpha value is -1.82. The molecule has 2 heterocycles. The van der Waals surface area contributed by atoms with Crippen LogP contribution in [0.4, 0.5) is 0 Å². The van der Waals surface area contributed by atoms with E-state index in [4.69, 9.17) is 11.6 Å². The van der Waals surface area contributed by atoms with Crippen LogP contribution in [-0.4, -0.2) is 30.8 Å². The molecular formula is C19H19ClN2O2S. The molecule has 1 fully saturated rings. The van der Waals surface area contributed by atoms with Gasteiger partial charge in [-0.1, -0.05) is 29.8 Å². The summed E-state index contributed by atoms with van der Waals surface area (Å²) in [6.07, 6.45) is 1.64. The zero-order valence-corrected chi connectivity index (χ0v) is 15.2. The first kappa shape index (κ1) is 16.6. The highest BCUT2D eigenvalue weighted by Crippen LogP contribution is 2.32. The van der Waals surface area contributed by atoms with Crippen molar-refractivity contribution in [3.8, 4) is 0 Å². The van der Waals surface area contributed by atoms with Crippen molar-refractivity contribution in [1.29, 1.82) is 0 Å². The van der Waals surface area contributed by atoms with Crippen LogP contribution in [0.2, 0.25) is 5.02 Å². The number of fused-ring (bicyclic) bond motifs is 1. The maximum Gasteiger partial charge on any atom is 0.243 e. The Balaban J connectivity index is 1.50. The number of nitrogens with one attached hydrogen (secondary N) is 1. The van der Waals surface area contributed by atoms with Gasteiger partial charge in [-0.25, -0.2) is 8.42 Å². The largest absolute Gasteiger partial charge is 0.358 e. The Bertz CT molecular complexity index is 955. The molecule has 2 aromatic carbocycles. The van der Waals surface area contributed by atoms with Crippen molar-refractivity contribution >= 4 is 32.5 Å². The monoisotopic (exact) mass is 374 g/mol. The molecular weight excluding hydrogens is 356 g/mol. The zero-order valence-electron chi connectivity index (χ0n) is 13.7. The number of nitrogens with zero attached hydrogens (tertiary/aromatic N) is 1. The number of hydrogen-bond donors (Lipinski definition) is 1. The van der Waals surface area contributed by atoms with E-state index < -0.39 is 10.0 Å². The molecule has 0 unspecified atom stereocenters. The normalized spacial score (nSPS) is 17.2. The summed E-state index contributed by atoms with van der Waals surface area (Å²) in [5.41, 5.74) is 2.33. The highest BCUT2D eigenvalue weighted by atomic mass is 35.5. The average Bonchev–Trinajstić information content (AvgIpc) is 3.06. The Morgan fingerprint density at radius 1 is 1.00 bits per heavy atom. The van der Waals surface area contributed by atoms with Gasteiger partial charge in [0.15, 0.2) is 0 Å². The molecule has 0 bridgehead atoms. The summed E-state index contributed by atoms with van der Waals surface area (Å²) in [4.78, 5) is 3.78. The number of H-pyrrole nitrogens is 1. The molecule has 0 atom stereocenters. The zero-order chi connectivity index (χ0) is 17.4. The molecule has 1 saturated heterocycles. The van der Waals surface area contributed by atoms with E-state index in [2.05, 4.69) is 23.2 Å². The molecule has 0 spiro atoms. The van der Waals surface area contributed by atoms with Gasteiger partial charge in [-0.3, -0.25) is 0 Å². The van der Waals surface area contributed by atoms with E-state index in [9.17, 15) is 8.42 Å². The first-order chi connectivity index (χ1) is 12.0. The van der Waals surface area contributed by atoms with Gasteiger partial charge in [-0.15, -0.1) is 0 Å². The molecule has 4 nitrogen and oxygen atoms in total. The van der Waals surface area contributed by atoms with E-state index in [0.29, 0.717) is 28.9 Å². The van der Waals surface area contributed by atoms with E-state index in [1.54, 1.807) is 28.6 Å². The van der Waals surface area contributed by atoms with Crippen LogP contribution in [0.1, 0.15) is 24.5 Å². The highest BCUT2D eigenvalue weighted by Gasteiger charge is 2.30. The predicted molar refractivity (Wildman–Crippen MR) is 100 cm³/mol. The summed E-state index contributed by atoms with van der Waals surface area (Å²) in [5, 5.41) is 1.74. The number of sulfonamides is 1. The summed E-state index contributed by atoms with van der Waals surface area (Å²) >= 11 is 5.86. The molecule has 1 aromatic heterocycles. The van der Waals surface area contributed by atoms with E-state index >= 15 is 0 Å². The third-order valence-electron chi connectivity index (χ3n) is 4.90. The number of rotatable bonds is 3. The van der Waals surface area contributed by atoms with Crippen molar-refractivity contribution < 1.29 is 8.42 Å². The van der Waals surface area contributed by atoms with Crippen molar-refractivity contribution in [3.05, 3.63) is 65.3 Å². The molecule has 25 heavy (non-hydrogen) atoms. The minimum Gasteiger partial charge on any atom is -0.358 e. The van der Waals surface area contributed by atoms with Gasteiger partial charge in [0.25, 0.3) is 0 Å². The van der Waals surface area contributed by atoms with Gasteiger partial charge in [0.05, 0.1) is 4.90 Å². The van der Waals surface area contributed by atoms with Crippen LogP contribution in [-0.2, 0) is 10.0 Å². The fourth-order valence-corrected chi connectivity index (χ4v) is 5.07. The third-order valence-corrected chi connectivity index (χ3v) is 7.06. The van der Waals surface area contributed by atoms with Gasteiger partial charge in [0, 0.05) is 35.2 Å². The maximum atomic E-state index is 12.8. The smallest absolute Gasteiger partial charge is 0.243 e. The van der Waals surface area contributed by atoms with Crippen molar-refractivity contribution in [2.45, 2.75) is 23.7 Å². The first-order valence-electron chi connectivity index (χ1n) is 8.37. The van der Waals surface area contributed by atoms with Gasteiger partial charge in [-0.2, -0.15) is 4.31 Å².